The molecule has 0 fully saturated rings. The van der Waals surface area contributed by atoms with E-state index in [1.165, 1.54) is 6.07 Å². The molecular weight excluding hydrogens is 334 g/mol. The first-order valence-corrected chi connectivity index (χ1v) is 8.22. The zero-order chi connectivity index (χ0) is 19.3. The lowest BCUT2D eigenvalue weighted by Crippen LogP contribution is -2.32. The first-order valence-electron chi connectivity index (χ1n) is 8.22. The lowest BCUT2D eigenvalue weighted by molar-refractivity contribution is -0.384. The van der Waals surface area contributed by atoms with Gasteiger partial charge in [0.05, 0.1) is 18.6 Å². The predicted octanol–water partition coefficient (Wildman–Crippen LogP) is 3.54. The van der Waals surface area contributed by atoms with Gasteiger partial charge < -0.3 is 10.1 Å². The van der Waals surface area contributed by atoms with Gasteiger partial charge in [0, 0.05) is 17.7 Å². The summed E-state index contributed by atoms with van der Waals surface area (Å²) in [7, 11) is 3.43. The lowest BCUT2D eigenvalue weighted by Gasteiger charge is -2.25. The number of aryl methyl sites for hydroxylation is 1. The number of amides is 1. The average Bonchev–Trinajstić information content (AvgIpc) is 2.62. The van der Waals surface area contributed by atoms with E-state index in [9.17, 15) is 14.9 Å². The van der Waals surface area contributed by atoms with Crippen LogP contribution in [-0.4, -0.2) is 36.4 Å². The first kappa shape index (κ1) is 19.4. The van der Waals surface area contributed by atoms with E-state index in [0.717, 1.165) is 11.3 Å². The molecule has 1 N–H and O–H groups in total. The average molecular weight is 357 g/mol. The van der Waals surface area contributed by atoms with Gasteiger partial charge in [0.25, 0.3) is 5.69 Å². The van der Waals surface area contributed by atoms with Gasteiger partial charge in [-0.15, -0.1) is 0 Å². The summed E-state index contributed by atoms with van der Waals surface area (Å²) in [6.45, 7) is 3.79. The number of ether oxygens (including phenoxy) is 1. The van der Waals surface area contributed by atoms with Crippen LogP contribution in [0, 0.1) is 17.0 Å². The molecule has 26 heavy (non-hydrogen) atoms. The number of carbonyl (C=O) groups is 1. The fourth-order valence-corrected chi connectivity index (χ4v) is 2.76. The molecule has 0 unspecified atom stereocenters. The number of rotatable bonds is 7. The Morgan fingerprint density at radius 3 is 2.62 bits per heavy atom. The van der Waals surface area contributed by atoms with Gasteiger partial charge in [-0.2, -0.15) is 0 Å². The Labute approximate surface area is 152 Å². The Morgan fingerprint density at radius 1 is 1.27 bits per heavy atom. The first-order chi connectivity index (χ1) is 12.3. The predicted molar refractivity (Wildman–Crippen MR) is 101 cm³/mol. The number of nitro groups is 1. The number of anilines is 1. The molecule has 2 aromatic carbocycles. The molecule has 7 nitrogen and oxygen atoms in total. The van der Waals surface area contributed by atoms with E-state index in [1.807, 2.05) is 43.1 Å². The monoisotopic (exact) mass is 357 g/mol. The summed E-state index contributed by atoms with van der Waals surface area (Å²) in [5.41, 5.74) is 1.74. The maximum atomic E-state index is 12.4. The Bertz CT molecular complexity index is 807. The number of nitro benzene ring substituents is 1. The Morgan fingerprint density at radius 2 is 1.96 bits per heavy atom. The summed E-state index contributed by atoms with van der Waals surface area (Å²) < 4.78 is 5.37. The minimum Gasteiger partial charge on any atom is -0.496 e. The molecule has 2 rings (SSSR count). The second-order valence-electron chi connectivity index (χ2n) is 6.11. The summed E-state index contributed by atoms with van der Waals surface area (Å²) in [5.74, 6) is 0.438. The molecule has 1 amide bonds. The number of hydrogen-bond acceptors (Lipinski definition) is 5. The van der Waals surface area contributed by atoms with Crippen LogP contribution in [0.4, 0.5) is 11.4 Å². The molecule has 1 atom stereocenters. The molecule has 0 radical (unpaired) electrons. The van der Waals surface area contributed by atoms with E-state index in [-0.39, 0.29) is 29.9 Å². The van der Waals surface area contributed by atoms with Crippen molar-refractivity contribution in [2.24, 2.45) is 0 Å². The Balaban J connectivity index is 2.12. The molecule has 0 saturated carbocycles. The molecule has 0 aliphatic carbocycles. The second kappa shape index (κ2) is 8.44. The molecule has 0 aromatic heterocycles. The third-order valence-corrected chi connectivity index (χ3v) is 4.36. The molecule has 0 saturated heterocycles. The van der Waals surface area contributed by atoms with Crippen LogP contribution >= 0.6 is 0 Å². The number of likely N-dealkylation sites (N-methyl/N-ethyl adjacent to an activating group) is 1. The van der Waals surface area contributed by atoms with E-state index in [1.54, 1.807) is 26.2 Å². The Hall–Kier alpha value is -2.93. The van der Waals surface area contributed by atoms with Gasteiger partial charge in [0.15, 0.2) is 0 Å². The van der Waals surface area contributed by atoms with Crippen molar-refractivity contribution in [3.05, 3.63) is 63.7 Å². The number of benzene rings is 2. The van der Waals surface area contributed by atoms with Crippen LogP contribution in [0.15, 0.2) is 42.5 Å². The molecule has 0 bridgehead atoms. The summed E-state index contributed by atoms with van der Waals surface area (Å²) in [5, 5.41) is 13.8. The number of methoxy groups -OCH3 is 1. The molecule has 0 heterocycles. The largest absolute Gasteiger partial charge is 0.496 e. The van der Waals surface area contributed by atoms with E-state index in [2.05, 4.69) is 5.32 Å². The smallest absolute Gasteiger partial charge is 0.293 e. The van der Waals surface area contributed by atoms with E-state index < -0.39 is 4.92 Å². The number of nitrogens with zero attached hydrogens (tertiary/aromatic N) is 2. The number of hydrogen-bond donors (Lipinski definition) is 1. The maximum absolute atomic E-state index is 12.4. The van der Waals surface area contributed by atoms with Crippen molar-refractivity contribution in [3.63, 3.8) is 0 Å². The normalized spacial score (nSPS) is 11.9. The maximum Gasteiger partial charge on any atom is 0.293 e. The molecule has 0 spiro atoms. The van der Waals surface area contributed by atoms with Gasteiger partial charge in [-0.3, -0.25) is 19.8 Å². The standard InChI is InChI=1S/C19H23N3O4/c1-13-8-7-10-16(22(24)25)19(13)20-18(23)12-21(3)14(2)15-9-5-6-11-17(15)26-4/h5-11,14H,12H2,1-4H3,(H,20,23)/t14-/m0/s1. The molecule has 2 aromatic rings. The van der Waals surface area contributed by atoms with Gasteiger partial charge in [-0.05, 0) is 32.5 Å². The summed E-state index contributed by atoms with van der Waals surface area (Å²) in [6.07, 6.45) is 0. The fraction of sp³-hybridized carbons (Fsp3) is 0.316. The Kier molecular flexibility index (Phi) is 6.30. The zero-order valence-corrected chi connectivity index (χ0v) is 15.4. The number of nitrogens with one attached hydrogen (secondary N) is 1. The van der Waals surface area contributed by atoms with Crippen LogP contribution in [0.2, 0.25) is 0 Å². The third-order valence-electron chi connectivity index (χ3n) is 4.36. The van der Waals surface area contributed by atoms with E-state index in [0.29, 0.717) is 5.56 Å². The quantitative estimate of drug-likeness (QED) is 0.605. The molecule has 7 heteroatoms. The minimum atomic E-state index is -0.496. The molecular formula is C19H23N3O4. The fourth-order valence-electron chi connectivity index (χ4n) is 2.76. The van der Waals surface area contributed by atoms with Crippen molar-refractivity contribution < 1.29 is 14.5 Å². The molecule has 138 valence electrons. The van der Waals surface area contributed by atoms with Gasteiger partial charge in [-0.1, -0.05) is 30.3 Å². The molecule has 0 aliphatic rings. The summed E-state index contributed by atoms with van der Waals surface area (Å²) >= 11 is 0. The highest BCUT2D eigenvalue weighted by molar-refractivity contribution is 5.95. The van der Waals surface area contributed by atoms with Crippen molar-refractivity contribution in [1.82, 2.24) is 4.90 Å². The van der Waals surface area contributed by atoms with E-state index in [4.69, 9.17) is 4.74 Å². The van der Waals surface area contributed by atoms with Crippen LogP contribution in [0.25, 0.3) is 0 Å². The topological polar surface area (TPSA) is 84.7 Å². The van der Waals surface area contributed by atoms with Crippen molar-refractivity contribution in [2.75, 3.05) is 26.0 Å². The van der Waals surface area contributed by atoms with Gasteiger partial charge >= 0.3 is 0 Å². The van der Waals surface area contributed by atoms with Crippen LogP contribution in [0.1, 0.15) is 24.1 Å². The SMILES string of the molecule is COc1ccccc1[C@H](C)N(C)CC(=O)Nc1c(C)cccc1[N+](=O)[O-]. The van der Waals surface area contributed by atoms with Gasteiger partial charge in [0.1, 0.15) is 11.4 Å². The van der Waals surface area contributed by atoms with Crippen molar-refractivity contribution in [2.45, 2.75) is 19.9 Å². The highest BCUT2D eigenvalue weighted by atomic mass is 16.6. The van der Waals surface area contributed by atoms with Crippen LogP contribution < -0.4 is 10.1 Å². The van der Waals surface area contributed by atoms with Gasteiger partial charge in [-0.25, -0.2) is 0 Å². The van der Waals surface area contributed by atoms with Crippen molar-refractivity contribution in [3.8, 4) is 5.75 Å². The van der Waals surface area contributed by atoms with Crippen LogP contribution in [0.3, 0.4) is 0 Å². The van der Waals surface area contributed by atoms with E-state index >= 15 is 0 Å². The zero-order valence-electron chi connectivity index (χ0n) is 15.4. The summed E-state index contributed by atoms with van der Waals surface area (Å²) in [6, 6.07) is 12.3. The van der Waals surface area contributed by atoms with Crippen LogP contribution in [-0.2, 0) is 4.79 Å². The highest BCUT2D eigenvalue weighted by Crippen LogP contribution is 2.29. The third kappa shape index (κ3) is 4.37. The number of para-hydroxylation sites is 2. The lowest BCUT2D eigenvalue weighted by atomic mass is 10.1. The summed E-state index contributed by atoms with van der Waals surface area (Å²) in [4.78, 5) is 25.0. The van der Waals surface area contributed by atoms with Crippen molar-refractivity contribution in [1.29, 1.82) is 0 Å². The number of carbonyl (C=O) groups excluding carboxylic acids is 1. The second-order valence-corrected chi connectivity index (χ2v) is 6.11. The van der Waals surface area contributed by atoms with Crippen molar-refractivity contribution >= 4 is 17.3 Å². The minimum absolute atomic E-state index is 0.0660. The highest BCUT2D eigenvalue weighted by Gasteiger charge is 2.21. The van der Waals surface area contributed by atoms with Gasteiger partial charge in [0.2, 0.25) is 5.91 Å². The van der Waals surface area contributed by atoms with Crippen LogP contribution in [0.5, 0.6) is 5.75 Å². The molecule has 0 aliphatic heterocycles.